The van der Waals surface area contributed by atoms with E-state index in [-0.39, 0.29) is 17.2 Å². The molecule has 132 valence electrons. The van der Waals surface area contributed by atoms with Crippen LogP contribution >= 0.6 is 0 Å². The van der Waals surface area contributed by atoms with Crippen LogP contribution in [0.15, 0.2) is 59.5 Å². The monoisotopic (exact) mass is 360 g/mol. The highest BCUT2D eigenvalue weighted by molar-refractivity contribution is 7.89. The molecule has 2 aromatic rings. The summed E-state index contributed by atoms with van der Waals surface area (Å²) in [5.41, 5.74) is 1.34. The average Bonchev–Trinajstić information content (AvgIpc) is 2.68. The number of carbonyl (C=O) groups excluding carboxylic acids is 1. The van der Waals surface area contributed by atoms with Gasteiger partial charge in [0, 0.05) is 24.3 Å². The molecular weight excluding hydrogens is 340 g/mol. The summed E-state index contributed by atoms with van der Waals surface area (Å²) in [6.07, 6.45) is 0. The lowest BCUT2D eigenvalue weighted by Crippen LogP contribution is -2.40. The maximum Gasteiger partial charge on any atom is 0.243 e. The standard InChI is InChI=1S/C18H20N2O4S/c21-18(14-19-16-4-2-1-3-5-16)15-6-8-17(9-7-15)25(22,23)20-10-12-24-13-11-20/h1-9,19H,10-14H2. The lowest BCUT2D eigenvalue weighted by Gasteiger charge is -2.26. The number of ether oxygens (including phenoxy) is 1. The van der Waals surface area contributed by atoms with Gasteiger partial charge in [-0.1, -0.05) is 18.2 Å². The number of carbonyl (C=O) groups is 1. The maximum absolute atomic E-state index is 12.6. The first-order valence-electron chi connectivity index (χ1n) is 8.07. The van der Waals surface area contributed by atoms with Crippen LogP contribution in [-0.2, 0) is 14.8 Å². The quantitative estimate of drug-likeness (QED) is 0.798. The second kappa shape index (κ2) is 7.77. The number of hydrogen-bond donors (Lipinski definition) is 1. The van der Waals surface area contributed by atoms with E-state index >= 15 is 0 Å². The second-order valence-electron chi connectivity index (χ2n) is 5.68. The topological polar surface area (TPSA) is 75.7 Å². The highest BCUT2D eigenvalue weighted by Gasteiger charge is 2.26. The number of benzene rings is 2. The third-order valence-electron chi connectivity index (χ3n) is 4.01. The van der Waals surface area contributed by atoms with Crippen molar-refractivity contribution in [3.8, 4) is 0 Å². The van der Waals surface area contributed by atoms with Crippen LogP contribution < -0.4 is 5.32 Å². The van der Waals surface area contributed by atoms with Gasteiger partial charge >= 0.3 is 0 Å². The summed E-state index contributed by atoms with van der Waals surface area (Å²) in [5, 5.41) is 3.05. The lowest BCUT2D eigenvalue weighted by molar-refractivity contribution is 0.0730. The first-order chi connectivity index (χ1) is 12.1. The van der Waals surface area contributed by atoms with Gasteiger partial charge in [-0.25, -0.2) is 8.42 Å². The van der Waals surface area contributed by atoms with E-state index in [1.807, 2.05) is 30.3 Å². The molecule has 0 aliphatic carbocycles. The SMILES string of the molecule is O=C(CNc1ccccc1)c1ccc(S(=O)(=O)N2CCOCC2)cc1. The number of rotatable bonds is 6. The van der Waals surface area contributed by atoms with Gasteiger partial charge in [0.05, 0.1) is 24.7 Å². The van der Waals surface area contributed by atoms with E-state index in [1.165, 1.54) is 16.4 Å². The first kappa shape index (κ1) is 17.6. The first-order valence-corrected chi connectivity index (χ1v) is 9.51. The average molecular weight is 360 g/mol. The Labute approximate surface area is 147 Å². The number of para-hydroxylation sites is 1. The van der Waals surface area contributed by atoms with Crippen LogP contribution in [0.1, 0.15) is 10.4 Å². The van der Waals surface area contributed by atoms with Gasteiger partial charge in [0.1, 0.15) is 0 Å². The Morgan fingerprint density at radius 2 is 1.64 bits per heavy atom. The molecule has 0 bridgehead atoms. The summed E-state index contributed by atoms with van der Waals surface area (Å²) in [7, 11) is -3.53. The summed E-state index contributed by atoms with van der Waals surface area (Å²) in [5.74, 6) is -0.0980. The number of hydrogen-bond acceptors (Lipinski definition) is 5. The zero-order chi connectivity index (χ0) is 17.7. The van der Waals surface area contributed by atoms with Crippen LogP contribution in [-0.4, -0.2) is 51.4 Å². The van der Waals surface area contributed by atoms with E-state index in [0.29, 0.717) is 31.9 Å². The van der Waals surface area contributed by atoms with E-state index in [2.05, 4.69) is 5.32 Å². The molecule has 0 amide bonds. The number of sulfonamides is 1. The highest BCUT2D eigenvalue weighted by Crippen LogP contribution is 2.18. The minimum absolute atomic E-state index is 0.0980. The molecule has 1 heterocycles. The molecule has 0 unspecified atom stereocenters. The summed E-state index contributed by atoms with van der Waals surface area (Å²) < 4.78 is 31.7. The number of morpholine rings is 1. The number of anilines is 1. The number of ketones is 1. The van der Waals surface area contributed by atoms with Gasteiger partial charge in [-0.3, -0.25) is 4.79 Å². The van der Waals surface area contributed by atoms with Crippen LogP contribution in [0.3, 0.4) is 0 Å². The summed E-state index contributed by atoms with van der Waals surface area (Å²) >= 11 is 0. The molecule has 6 nitrogen and oxygen atoms in total. The fourth-order valence-corrected chi connectivity index (χ4v) is 4.00. The summed E-state index contributed by atoms with van der Waals surface area (Å²) in [4.78, 5) is 12.4. The molecule has 0 atom stereocenters. The minimum atomic E-state index is -3.53. The van der Waals surface area contributed by atoms with Gasteiger partial charge in [-0.2, -0.15) is 4.31 Å². The smallest absolute Gasteiger partial charge is 0.243 e. The van der Waals surface area contributed by atoms with Crippen molar-refractivity contribution < 1.29 is 17.9 Å². The van der Waals surface area contributed by atoms with E-state index in [9.17, 15) is 13.2 Å². The van der Waals surface area contributed by atoms with Crippen molar-refractivity contribution in [1.82, 2.24) is 4.31 Å². The minimum Gasteiger partial charge on any atom is -0.379 e. The van der Waals surface area contributed by atoms with Crippen LogP contribution in [0.25, 0.3) is 0 Å². The third kappa shape index (κ3) is 4.25. The predicted molar refractivity (Wildman–Crippen MR) is 95.3 cm³/mol. The van der Waals surface area contributed by atoms with E-state index < -0.39 is 10.0 Å². The van der Waals surface area contributed by atoms with Crippen LogP contribution in [0.5, 0.6) is 0 Å². The molecule has 1 saturated heterocycles. The Hall–Kier alpha value is -2.22. The Kier molecular flexibility index (Phi) is 5.47. The Morgan fingerprint density at radius 1 is 1.00 bits per heavy atom. The number of nitrogens with zero attached hydrogens (tertiary/aromatic N) is 1. The van der Waals surface area contributed by atoms with Crippen molar-refractivity contribution in [2.24, 2.45) is 0 Å². The predicted octanol–water partition coefficient (Wildman–Crippen LogP) is 2.00. The summed E-state index contributed by atoms with van der Waals surface area (Å²) in [6.45, 7) is 1.66. The van der Waals surface area contributed by atoms with Crippen LogP contribution in [0.2, 0.25) is 0 Å². The molecule has 7 heteroatoms. The van der Waals surface area contributed by atoms with Gasteiger partial charge < -0.3 is 10.1 Å². The highest BCUT2D eigenvalue weighted by atomic mass is 32.2. The van der Waals surface area contributed by atoms with E-state index in [4.69, 9.17) is 4.74 Å². The Morgan fingerprint density at radius 3 is 2.28 bits per heavy atom. The maximum atomic E-state index is 12.6. The molecular formula is C18H20N2O4S. The van der Waals surface area contributed by atoms with Gasteiger partial charge in [-0.05, 0) is 36.4 Å². The van der Waals surface area contributed by atoms with Gasteiger partial charge in [-0.15, -0.1) is 0 Å². The van der Waals surface area contributed by atoms with Crippen molar-refractivity contribution in [3.05, 3.63) is 60.2 Å². The van der Waals surface area contributed by atoms with Crippen LogP contribution in [0.4, 0.5) is 5.69 Å². The van der Waals surface area contributed by atoms with E-state index in [1.54, 1.807) is 12.1 Å². The molecule has 3 rings (SSSR count). The van der Waals surface area contributed by atoms with Crippen molar-refractivity contribution >= 4 is 21.5 Å². The van der Waals surface area contributed by atoms with Crippen LogP contribution in [0, 0.1) is 0 Å². The Bertz CT molecular complexity index is 814. The third-order valence-corrected chi connectivity index (χ3v) is 5.92. The Balaban J connectivity index is 1.66. The van der Waals surface area contributed by atoms with Gasteiger partial charge in [0.25, 0.3) is 0 Å². The van der Waals surface area contributed by atoms with Gasteiger partial charge in [0.15, 0.2) is 5.78 Å². The summed E-state index contributed by atoms with van der Waals surface area (Å²) in [6, 6.07) is 15.5. The number of nitrogens with one attached hydrogen (secondary N) is 1. The zero-order valence-corrected chi connectivity index (χ0v) is 14.5. The molecule has 1 aliphatic heterocycles. The van der Waals surface area contributed by atoms with Crippen molar-refractivity contribution in [2.45, 2.75) is 4.90 Å². The van der Waals surface area contributed by atoms with Crippen molar-refractivity contribution in [2.75, 3.05) is 38.2 Å². The molecule has 2 aromatic carbocycles. The second-order valence-corrected chi connectivity index (χ2v) is 7.62. The normalized spacial score (nSPS) is 15.7. The molecule has 0 saturated carbocycles. The molecule has 0 aromatic heterocycles. The van der Waals surface area contributed by atoms with E-state index in [0.717, 1.165) is 5.69 Å². The number of Topliss-reactive ketones (excluding diaryl/α,β-unsaturated/α-hetero) is 1. The molecule has 1 fully saturated rings. The lowest BCUT2D eigenvalue weighted by atomic mass is 10.1. The van der Waals surface area contributed by atoms with Gasteiger partial charge in [0.2, 0.25) is 10.0 Å². The largest absolute Gasteiger partial charge is 0.379 e. The van der Waals surface area contributed by atoms with Crippen molar-refractivity contribution in [3.63, 3.8) is 0 Å². The van der Waals surface area contributed by atoms with Crippen molar-refractivity contribution in [1.29, 1.82) is 0 Å². The molecule has 0 spiro atoms. The molecule has 0 radical (unpaired) electrons. The zero-order valence-electron chi connectivity index (χ0n) is 13.7. The fraction of sp³-hybridized carbons (Fsp3) is 0.278. The molecule has 1 N–H and O–H groups in total. The molecule has 25 heavy (non-hydrogen) atoms. The fourth-order valence-electron chi connectivity index (χ4n) is 2.59. The molecule has 1 aliphatic rings.